The molecule has 0 fully saturated rings. The van der Waals surface area contributed by atoms with Crippen LogP contribution in [0.25, 0.3) is 0 Å². The van der Waals surface area contributed by atoms with Gasteiger partial charge in [0.2, 0.25) is 5.96 Å². The Balaban J connectivity index is 1.61. The third-order valence-electron chi connectivity index (χ3n) is 4.84. The first-order chi connectivity index (χ1) is 17.1. The summed E-state index contributed by atoms with van der Waals surface area (Å²) in [5.74, 6) is -1.39. The van der Waals surface area contributed by atoms with E-state index in [9.17, 15) is 22.4 Å². The zero-order valence-electron chi connectivity index (χ0n) is 18.1. The molecule has 0 saturated heterocycles. The van der Waals surface area contributed by atoms with Crippen molar-refractivity contribution < 1.29 is 22.4 Å². The second-order valence-corrected chi connectivity index (χ2v) is 8.38. The number of amidine groups is 1. The Morgan fingerprint density at radius 2 is 1.75 bits per heavy atom. The summed E-state index contributed by atoms with van der Waals surface area (Å²) in [7, 11) is 0. The molecule has 0 radical (unpaired) electrons. The normalized spacial score (nSPS) is 15.0. The summed E-state index contributed by atoms with van der Waals surface area (Å²) in [5, 5.41) is 7.24. The van der Waals surface area contributed by atoms with Crippen LogP contribution < -0.4 is 10.7 Å². The lowest BCUT2D eigenvalue weighted by atomic mass is 10.1. The van der Waals surface area contributed by atoms with E-state index in [1.807, 2.05) is 6.07 Å². The highest BCUT2D eigenvalue weighted by atomic mass is 35.5. The highest BCUT2D eigenvalue weighted by molar-refractivity contribution is 6.31. The van der Waals surface area contributed by atoms with Crippen molar-refractivity contribution >= 4 is 52.3 Å². The summed E-state index contributed by atoms with van der Waals surface area (Å²) in [5.41, 5.74) is 3.21. The number of amides is 1. The predicted octanol–water partition coefficient (Wildman–Crippen LogP) is 6.36. The van der Waals surface area contributed by atoms with Crippen molar-refractivity contribution in [1.29, 1.82) is 0 Å². The van der Waals surface area contributed by atoms with Crippen molar-refractivity contribution in [1.82, 2.24) is 10.7 Å². The number of nitrogens with zero attached hydrogens (tertiary/aromatic N) is 3. The number of aliphatic imine (C=N–C) groups is 2. The van der Waals surface area contributed by atoms with Crippen LogP contribution in [-0.4, -0.2) is 23.4 Å². The van der Waals surface area contributed by atoms with Gasteiger partial charge in [-0.25, -0.2) is 9.38 Å². The van der Waals surface area contributed by atoms with E-state index in [2.05, 4.69) is 25.8 Å². The minimum Gasteiger partial charge on any atom is -0.290 e. The fraction of sp³-hybridized carbons (Fsp3) is 0.0833. The van der Waals surface area contributed by atoms with E-state index in [0.29, 0.717) is 16.6 Å². The number of rotatable bonds is 3. The van der Waals surface area contributed by atoms with Gasteiger partial charge in [0.1, 0.15) is 11.7 Å². The Labute approximate surface area is 212 Å². The van der Waals surface area contributed by atoms with E-state index in [0.717, 1.165) is 42.0 Å². The minimum atomic E-state index is -4.54. The smallest absolute Gasteiger partial charge is 0.290 e. The van der Waals surface area contributed by atoms with Crippen molar-refractivity contribution in [3.63, 3.8) is 0 Å². The highest BCUT2D eigenvalue weighted by Crippen LogP contribution is 2.29. The number of nitrogens with one attached hydrogen (secondary N) is 2. The molecule has 12 heteroatoms. The zero-order chi connectivity index (χ0) is 25.9. The molecule has 0 spiro atoms. The number of halogens is 6. The van der Waals surface area contributed by atoms with Crippen LogP contribution in [0.4, 0.5) is 23.2 Å². The second-order valence-electron chi connectivity index (χ2n) is 7.51. The van der Waals surface area contributed by atoms with Crippen molar-refractivity contribution in [2.75, 3.05) is 0 Å². The van der Waals surface area contributed by atoms with E-state index in [1.165, 1.54) is 6.07 Å². The molecule has 184 valence electrons. The van der Waals surface area contributed by atoms with Crippen LogP contribution in [0, 0.1) is 5.82 Å². The molecule has 3 aromatic carbocycles. The van der Waals surface area contributed by atoms with Crippen molar-refractivity contribution in [3.05, 3.63) is 99.3 Å². The standard InChI is InChI=1S/C24H15Cl2F4N5O/c25-16-3-1-2-14(8-16)20-12-21(35-34-20)32-23(31-19-10-17(26)9-18(27)11-19)33-22(36)13-4-6-15(7-5-13)24(28,29)30/h1-11H,12H2,(H2,31,32,33,35,36). The van der Waals surface area contributed by atoms with Crippen molar-refractivity contribution in [2.45, 2.75) is 12.6 Å². The minimum absolute atomic E-state index is 0.0565. The molecule has 4 rings (SSSR count). The SMILES string of the molecule is O=C(NC(N=C1CC(c2cccc(Cl)c2)=NN1)=Nc1cc(F)cc(Cl)c1)c1ccc(C(F)(F)F)cc1. The monoisotopic (exact) mass is 535 g/mol. The van der Waals surface area contributed by atoms with E-state index in [1.54, 1.807) is 18.2 Å². The summed E-state index contributed by atoms with van der Waals surface area (Å²) in [4.78, 5) is 21.2. The van der Waals surface area contributed by atoms with Gasteiger partial charge in [-0.2, -0.15) is 23.3 Å². The molecule has 0 bridgehead atoms. The fourth-order valence-corrected chi connectivity index (χ4v) is 3.59. The first kappa shape index (κ1) is 25.3. The van der Waals surface area contributed by atoms with Gasteiger partial charge in [0.15, 0.2) is 0 Å². The lowest BCUT2D eigenvalue weighted by Gasteiger charge is -2.09. The summed E-state index contributed by atoms with van der Waals surface area (Å²) < 4.78 is 52.3. The van der Waals surface area contributed by atoms with E-state index < -0.39 is 23.5 Å². The maximum absolute atomic E-state index is 13.8. The number of alkyl halides is 3. The molecule has 0 aliphatic carbocycles. The van der Waals surface area contributed by atoms with E-state index >= 15 is 0 Å². The predicted molar refractivity (Wildman–Crippen MR) is 131 cm³/mol. The number of hydrogen-bond acceptors (Lipinski definition) is 3. The maximum atomic E-state index is 13.8. The summed E-state index contributed by atoms with van der Waals surface area (Å²) in [6.45, 7) is 0. The maximum Gasteiger partial charge on any atom is 0.416 e. The molecule has 2 N–H and O–H groups in total. The number of guanidine groups is 1. The Kier molecular flexibility index (Phi) is 7.37. The molecule has 0 saturated carbocycles. The van der Waals surface area contributed by atoms with Crippen LogP contribution in [0.15, 0.2) is 81.8 Å². The van der Waals surface area contributed by atoms with Gasteiger partial charge in [-0.15, -0.1) is 0 Å². The average Bonchev–Trinajstić information content (AvgIpc) is 3.26. The van der Waals surface area contributed by atoms with E-state index in [-0.39, 0.29) is 28.7 Å². The first-order valence-corrected chi connectivity index (χ1v) is 11.0. The second kappa shape index (κ2) is 10.5. The number of hydrogen-bond donors (Lipinski definition) is 2. The summed E-state index contributed by atoms with van der Waals surface area (Å²) >= 11 is 11.9. The quantitative estimate of drug-likeness (QED) is 0.232. The lowest BCUT2D eigenvalue weighted by molar-refractivity contribution is -0.137. The zero-order valence-corrected chi connectivity index (χ0v) is 19.6. The van der Waals surface area contributed by atoms with Gasteiger partial charge >= 0.3 is 6.18 Å². The van der Waals surface area contributed by atoms with Crippen molar-refractivity contribution in [2.24, 2.45) is 15.1 Å². The first-order valence-electron chi connectivity index (χ1n) is 10.3. The van der Waals surface area contributed by atoms with Gasteiger partial charge in [-0.1, -0.05) is 35.3 Å². The van der Waals surface area contributed by atoms with Crippen LogP contribution in [0.1, 0.15) is 27.9 Å². The fourth-order valence-electron chi connectivity index (χ4n) is 3.19. The van der Waals surface area contributed by atoms with Crippen LogP contribution in [0.3, 0.4) is 0 Å². The molecule has 0 aromatic heterocycles. The topological polar surface area (TPSA) is 78.2 Å². The highest BCUT2D eigenvalue weighted by Gasteiger charge is 2.30. The number of benzene rings is 3. The summed E-state index contributed by atoms with van der Waals surface area (Å²) in [6.07, 6.45) is -4.31. The molecular weight excluding hydrogens is 521 g/mol. The molecule has 1 heterocycles. The average molecular weight is 536 g/mol. The Hall–Kier alpha value is -3.76. The van der Waals surface area contributed by atoms with Gasteiger partial charge < -0.3 is 0 Å². The van der Waals surface area contributed by atoms with Gasteiger partial charge in [0, 0.05) is 15.6 Å². The molecule has 6 nitrogen and oxygen atoms in total. The molecule has 1 aliphatic rings. The molecule has 36 heavy (non-hydrogen) atoms. The molecule has 1 aliphatic heterocycles. The molecule has 0 unspecified atom stereocenters. The lowest BCUT2D eigenvalue weighted by Crippen LogP contribution is -2.31. The van der Waals surface area contributed by atoms with Gasteiger partial charge in [0.25, 0.3) is 5.91 Å². The third-order valence-corrected chi connectivity index (χ3v) is 5.29. The Bertz CT molecular complexity index is 1380. The Morgan fingerprint density at radius 3 is 2.42 bits per heavy atom. The van der Waals surface area contributed by atoms with Crippen LogP contribution in [-0.2, 0) is 6.18 Å². The van der Waals surface area contributed by atoms with E-state index in [4.69, 9.17) is 23.2 Å². The number of hydrazone groups is 1. The third kappa shape index (κ3) is 6.46. The van der Waals surface area contributed by atoms with Gasteiger partial charge in [-0.3, -0.25) is 15.5 Å². The van der Waals surface area contributed by atoms with Crippen LogP contribution in [0.2, 0.25) is 10.0 Å². The van der Waals surface area contributed by atoms with Crippen molar-refractivity contribution in [3.8, 4) is 0 Å². The number of carbonyl (C=O) groups is 1. The van der Waals surface area contributed by atoms with Gasteiger partial charge in [0.05, 0.1) is 23.4 Å². The van der Waals surface area contributed by atoms with Crippen LogP contribution >= 0.6 is 23.2 Å². The molecule has 1 amide bonds. The Morgan fingerprint density at radius 1 is 1.00 bits per heavy atom. The molecule has 0 atom stereocenters. The largest absolute Gasteiger partial charge is 0.416 e. The summed E-state index contributed by atoms with van der Waals surface area (Å²) in [6, 6.07) is 14.1. The van der Waals surface area contributed by atoms with Gasteiger partial charge in [-0.05, 0) is 60.2 Å². The molecular formula is C24H15Cl2F4N5O. The number of carbonyl (C=O) groups excluding carboxylic acids is 1. The van der Waals surface area contributed by atoms with Crippen LogP contribution in [0.5, 0.6) is 0 Å². The molecule has 3 aromatic rings.